The molecule has 0 saturated heterocycles. The molecule has 25 heavy (non-hydrogen) atoms. The molecule has 0 heterocycles. The first-order chi connectivity index (χ1) is 12.0. The fourth-order valence-electron chi connectivity index (χ4n) is 3.10. The number of phenolic OH excluding ortho intramolecular Hbond substituents is 3. The maximum Gasteiger partial charge on any atom is 0.411 e. The number of carbonyl (C=O) groups excluding carboxylic acids is 1. The van der Waals surface area contributed by atoms with Crippen molar-refractivity contribution >= 4 is 11.8 Å². The second kappa shape index (κ2) is 7.34. The molecule has 2 aromatic rings. The average molecular weight is 343 g/mol. The summed E-state index contributed by atoms with van der Waals surface area (Å²) >= 11 is 0. The summed E-state index contributed by atoms with van der Waals surface area (Å²) in [6.07, 6.45) is 4.70. The highest BCUT2D eigenvalue weighted by Crippen LogP contribution is 2.40. The van der Waals surface area contributed by atoms with Crippen molar-refractivity contribution in [2.75, 3.05) is 5.32 Å². The van der Waals surface area contributed by atoms with Gasteiger partial charge in [-0.25, -0.2) is 4.79 Å². The van der Waals surface area contributed by atoms with Gasteiger partial charge in [-0.2, -0.15) is 0 Å². The Hall–Kier alpha value is -2.89. The molecule has 2 aromatic carbocycles. The fraction of sp³-hybridized carbons (Fsp3) is 0.316. The topological polar surface area (TPSA) is 99.0 Å². The van der Waals surface area contributed by atoms with Crippen LogP contribution < -0.4 is 5.32 Å². The van der Waals surface area contributed by atoms with Crippen LogP contribution in [0.4, 0.5) is 10.5 Å². The highest BCUT2D eigenvalue weighted by Gasteiger charge is 2.18. The van der Waals surface area contributed by atoms with Gasteiger partial charge in [0.15, 0.2) is 0 Å². The summed E-state index contributed by atoms with van der Waals surface area (Å²) in [6.45, 7) is 0. The highest BCUT2D eigenvalue weighted by atomic mass is 16.6. The average Bonchev–Trinajstić information content (AvgIpc) is 2.56. The number of nitrogens with one attached hydrogen (secondary N) is 1. The summed E-state index contributed by atoms with van der Waals surface area (Å²) in [7, 11) is 0. The Morgan fingerprint density at radius 1 is 0.960 bits per heavy atom. The van der Waals surface area contributed by atoms with E-state index in [1.54, 1.807) is 24.3 Å². The number of hydrogen-bond acceptors (Lipinski definition) is 5. The summed E-state index contributed by atoms with van der Waals surface area (Å²) in [5.74, 6) is -0.674. The van der Waals surface area contributed by atoms with Crippen molar-refractivity contribution in [2.45, 2.75) is 38.2 Å². The molecule has 1 saturated carbocycles. The Balaban J connectivity index is 1.67. The molecule has 1 amide bonds. The maximum absolute atomic E-state index is 11.9. The van der Waals surface area contributed by atoms with E-state index in [0.29, 0.717) is 11.3 Å². The third kappa shape index (κ3) is 4.15. The molecule has 0 radical (unpaired) electrons. The van der Waals surface area contributed by atoms with Gasteiger partial charge in [0.2, 0.25) is 0 Å². The Bertz CT molecular complexity index is 728. The molecule has 6 nitrogen and oxygen atoms in total. The molecule has 0 spiro atoms. The summed E-state index contributed by atoms with van der Waals surface area (Å²) < 4.78 is 5.40. The van der Waals surface area contributed by atoms with E-state index in [1.807, 2.05) is 0 Å². The zero-order valence-corrected chi connectivity index (χ0v) is 13.7. The molecule has 6 heteroatoms. The van der Waals surface area contributed by atoms with Gasteiger partial charge >= 0.3 is 6.09 Å². The van der Waals surface area contributed by atoms with Crippen molar-refractivity contribution in [2.24, 2.45) is 0 Å². The lowest BCUT2D eigenvalue weighted by Gasteiger charge is -2.21. The predicted octanol–water partition coefficient (Wildman–Crippen LogP) is 4.35. The van der Waals surface area contributed by atoms with Crippen LogP contribution >= 0.6 is 0 Å². The summed E-state index contributed by atoms with van der Waals surface area (Å²) in [5, 5.41) is 31.9. The molecular formula is C19H21NO5. The zero-order valence-electron chi connectivity index (χ0n) is 13.7. The first kappa shape index (κ1) is 17.0. The van der Waals surface area contributed by atoms with Gasteiger partial charge in [-0.3, -0.25) is 5.32 Å². The molecule has 0 atom stereocenters. The van der Waals surface area contributed by atoms with Gasteiger partial charge in [0, 0.05) is 17.8 Å². The Kier molecular flexibility index (Phi) is 4.97. The Morgan fingerprint density at radius 2 is 1.56 bits per heavy atom. The van der Waals surface area contributed by atoms with Gasteiger partial charge in [0.05, 0.1) is 5.56 Å². The molecule has 0 aliphatic heterocycles. The fourth-order valence-corrected chi connectivity index (χ4v) is 3.10. The van der Waals surface area contributed by atoms with E-state index in [4.69, 9.17) is 4.74 Å². The van der Waals surface area contributed by atoms with Gasteiger partial charge in [0.1, 0.15) is 23.4 Å². The standard InChI is InChI=1S/C19H21NO5/c21-14-10-16(22)18(17(23)11-14)12-6-8-13(9-7-12)20-19(24)25-15-4-2-1-3-5-15/h6-11,15,21-23H,1-5H2,(H,20,24). The number of carbonyl (C=O) groups is 1. The largest absolute Gasteiger partial charge is 0.508 e. The van der Waals surface area contributed by atoms with Gasteiger partial charge < -0.3 is 20.1 Å². The number of benzene rings is 2. The number of anilines is 1. The van der Waals surface area contributed by atoms with E-state index in [1.165, 1.54) is 6.42 Å². The van der Waals surface area contributed by atoms with Gasteiger partial charge in [-0.15, -0.1) is 0 Å². The molecule has 132 valence electrons. The van der Waals surface area contributed by atoms with Crippen LogP contribution in [-0.4, -0.2) is 27.5 Å². The van der Waals surface area contributed by atoms with Crippen LogP contribution in [0.2, 0.25) is 0 Å². The lowest BCUT2D eigenvalue weighted by Crippen LogP contribution is -2.24. The number of phenols is 3. The summed E-state index contributed by atoms with van der Waals surface area (Å²) in [6, 6.07) is 8.93. The van der Waals surface area contributed by atoms with E-state index < -0.39 is 6.09 Å². The third-order valence-corrected chi connectivity index (χ3v) is 4.33. The van der Waals surface area contributed by atoms with Crippen molar-refractivity contribution in [3.8, 4) is 28.4 Å². The van der Waals surface area contributed by atoms with E-state index in [2.05, 4.69) is 5.32 Å². The number of amides is 1. The SMILES string of the molecule is O=C(Nc1ccc(-c2c(O)cc(O)cc2O)cc1)OC1CCCCC1. The van der Waals surface area contributed by atoms with Gasteiger partial charge in [0.25, 0.3) is 0 Å². The Morgan fingerprint density at radius 3 is 2.16 bits per heavy atom. The van der Waals surface area contributed by atoms with Crippen molar-refractivity contribution in [3.63, 3.8) is 0 Å². The molecule has 3 rings (SSSR count). The van der Waals surface area contributed by atoms with Crippen LogP contribution in [0.3, 0.4) is 0 Å². The lowest BCUT2D eigenvalue weighted by atomic mass is 9.98. The van der Waals surface area contributed by atoms with Crippen molar-refractivity contribution in [1.82, 2.24) is 0 Å². The minimum Gasteiger partial charge on any atom is -0.508 e. The van der Waals surface area contributed by atoms with E-state index >= 15 is 0 Å². The number of aromatic hydroxyl groups is 3. The molecule has 0 bridgehead atoms. The van der Waals surface area contributed by atoms with Gasteiger partial charge in [-0.1, -0.05) is 18.6 Å². The maximum atomic E-state index is 11.9. The quantitative estimate of drug-likeness (QED) is 0.664. The minimum atomic E-state index is -0.477. The normalized spacial score (nSPS) is 14.9. The monoisotopic (exact) mass is 343 g/mol. The lowest BCUT2D eigenvalue weighted by molar-refractivity contribution is 0.0865. The van der Waals surface area contributed by atoms with E-state index in [9.17, 15) is 20.1 Å². The van der Waals surface area contributed by atoms with Crippen molar-refractivity contribution in [1.29, 1.82) is 0 Å². The van der Waals surface area contributed by atoms with E-state index in [0.717, 1.165) is 37.8 Å². The zero-order chi connectivity index (χ0) is 17.8. The first-order valence-electron chi connectivity index (χ1n) is 8.36. The van der Waals surface area contributed by atoms with Crippen molar-refractivity contribution in [3.05, 3.63) is 36.4 Å². The van der Waals surface area contributed by atoms with Crippen LogP contribution in [0.5, 0.6) is 17.2 Å². The smallest absolute Gasteiger partial charge is 0.411 e. The second-order valence-electron chi connectivity index (χ2n) is 6.23. The molecule has 4 N–H and O–H groups in total. The molecule has 1 aliphatic carbocycles. The van der Waals surface area contributed by atoms with E-state index in [-0.39, 0.29) is 28.9 Å². The van der Waals surface area contributed by atoms with Crippen LogP contribution in [0.1, 0.15) is 32.1 Å². The molecule has 0 unspecified atom stereocenters. The van der Waals surface area contributed by atoms with Crippen LogP contribution in [0, 0.1) is 0 Å². The molecule has 1 fully saturated rings. The van der Waals surface area contributed by atoms with Crippen LogP contribution in [0.25, 0.3) is 11.1 Å². The molecular weight excluding hydrogens is 322 g/mol. The van der Waals surface area contributed by atoms with Crippen LogP contribution in [-0.2, 0) is 4.74 Å². The summed E-state index contributed by atoms with van der Waals surface area (Å²) in [4.78, 5) is 11.9. The third-order valence-electron chi connectivity index (χ3n) is 4.33. The van der Waals surface area contributed by atoms with Crippen molar-refractivity contribution < 1.29 is 24.9 Å². The van der Waals surface area contributed by atoms with Gasteiger partial charge in [-0.05, 0) is 43.4 Å². The van der Waals surface area contributed by atoms with Crippen LogP contribution in [0.15, 0.2) is 36.4 Å². The Labute approximate surface area is 145 Å². The predicted molar refractivity (Wildman–Crippen MR) is 93.8 cm³/mol. The number of rotatable bonds is 3. The molecule has 0 aromatic heterocycles. The first-order valence-corrected chi connectivity index (χ1v) is 8.36. The second-order valence-corrected chi connectivity index (χ2v) is 6.23. The minimum absolute atomic E-state index is 0.0149. The number of ether oxygens (including phenoxy) is 1. The molecule has 1 aliphatic rings. The highest BCUT2D eigenvalue weighted by molar-refractivity contribution is 5.86. The number of hydrogen-bond donors (Lipinski definition) is 4. The summed E-state index contributed by atoms with van der Waals surface area (Å²) in [5.41, 5.74) is 1.33.